The van der Waals surface area contributed by atoms with E-state index in [-0.39, 0.29) is 43.0 Å². The lowest BCUT2D eigenvalue weighted by Crippen LogP contribution is -2.72. The van der Waals surface area contributed by atoms with Crippen molar-refractivity contribution in [2.24, 2.45) is 17.3 Å². The van der Waals surface area contributed by atoms with E-state index in [1.54, 1.807) is 0 Å². The molecule has 3 atom stereocenters. The maximum Gasteiger partial charge on any atom is 0.312 e. The molecular weight excluding hydrogens is 516 g/mol. The summed E-state index contributed by atoms with van der Waals surface area (Å²) in [6, 6.07) is 0. The van der Waals surface area contributed by atoms with Gasteiger partial charge in [-0.1, -0.05) is 20.8 Å². The Bertz CT molecular complexity index is 980. The first-order chi connectivity index (χ1) is 18.2. The first-order valence-corrected chi connectivity index (χ1v) is 15.3. The highest BCUT2D eigenvalue weighted by Crippen LogP contribution is 2.63. The minimum atomic E-state index is -1.13. The van der Waals surface area contributed by atoms with Crippen molar-refractivity contribution >= 4 is 11.9 Å². The number of hydrogen-bond donors (Lipinski definition) is 5. The highest BCUT2D eigenvalue weighted by atomic mass is 16.6. The molecule has 228 valence electrons. The second kappa shape index (κ2) is 9.12. The first-order valence-electron chi connectivity index (χ1n) is 15.3. The normalized spacial score (nSPS) is 48.8. The van der Waals surface area contributed by atoms with Crippen molar-refractivity contribution in [3.8, 4) is 0 Å². The Morgan fingerprint density at radius 1 is 0.700 bits per heavy atom. The van der Waals surface area contributed by atoms with E-state index < -0.39 is 44.6 Å². The minimum Gasteiger partial charge on any atom is -0.459 e. The molecule has 0 aromatic rings. The predicted molar refractivity (Wildman–Crippen MR) is 145 cm³/mol. The number of aliphatic hydroxyl groups is 5. The van der Waals surface area contributed by atoms with E-state index in [4.69, 9.17) is 9.47 Å². The van der Waals surface area contributed by atoms with Crippen molar-refractivity contribution in [3.05, 3.63) is 0 Å². The lowest BCUT2D eigenvalue weighted by atomic mass is 9.48. The quantitative estimate of drug-likeness (QED) is 0.305. The summed E-state index contributed by atoms with van der Waals surface area (Å²) in [5.74, 6) is -0.326. The van der Waals surface area contributed by atoms with Gasteiger partial charge in [-0.05, 0) is 51.9 Å². The van der Waals surface area contributed by atoms with Gasteiger partial charge in [-0.3, -0.25) is 9.59 Å². The number of esters is 2. The van der Waals surface area contributed by atoms with Crippen LogP contribution in [-0.4, -0.2) is 76.7 Å². The Morgan fingerprint density at radius 2 is 1.12 bits per heavy atom. The van der Waals surface area contributed by atoms with Gasteiger partial charge in [0.15, 0.2) is 0 Å². The van der Waals surface area contributed by atoms with Gasteiger partial charge in [0.2, 0.25) is 0 Å². The van der Waals surface area contributed by atoms with Gasteiger partial charge < -0.3 is 35.0 Å². The number of rotatable bonds is 6. The monoisotopic (exact) mass is 566 g/mol. The second-order valence-electron chi connectivity index (χ2n) is 15.9. The van der Waals surface area contributed by atoms with Crippen molar-refractivity contribution in [3.63, 3.8) is 0 Å². The summed E-state index contributed by atoms with van der Waals surface area (Å²) in [5.41, 5.74) is -7.20. The average Bonchev–Trinajstić information content (AvgIpc) is 2.72. The smallest absolute Gasteiger partial charge is 0.312 e. The van der Waals surface area contributed by atoms with E-state index in [9.17, 15) is 35.1 Å². The number of carbonyl (C=O) groups excluding carboxylic acids is 2. The predicted octanol–water partition coefficient (Wildman–Crippen LogP) is 3.05. The van der Waals surface area contributed by atoms with Gasteiger partial charge >= 0.3 is 11.9 Å². The van der Waals surface area contributed by atoms with Crippen LogP contribution in [0.5, 0.6) is 0 Å². The van der Waals surface area contributed by atoms with Crippen molar-refractivity contribution in [2.75, 3.05) is 0 Å². The van der Waals surface area contributed by atoms with Gasteiger partial charge in [-0.15, -0.1) is 0 Å². The van der Waals surface area contributed by atoms with Crippen LogP contribution >= 0.6 is 0 Å². The third kappa shape index (κ3) is 5.46. The zero-order valence-corrected chi connectivity index (χ0v) is 24.9. The zero-order valence-electron chi connectivity index (χ0n) is 24.9. The Kier molecular flexibility index (Phi) is 6.89. The number of carbonyl (C=O) groups is 2. The van der Waals surface area contributed by atoms with E-state index in [1.165, 1.54) is 0 Å². The van der Waals surface area contributed by atoms with Gasteiger partial charge in [-0.2, -0.15) is 0 Å². The molecule has 9 heteroatoms. The molecule has 0 radical (unpaired) electrons. The molecule has 0 aliphatic heterocycles. The molecular formula is C31H50O9. The van der Waals surface area contributed by atoms with Gasteiger partial charge in [0.25, 0.3) is 0 Å². The summed E-state index contributed by atoms with van der Waals surface area (Å²) in [6.07, 6.45) is 6.89. The van der Waals surface area contributed by atoms with E-state index in [0.29, 0.717) is 44.9 Å². The molecule has 40 heavy (non-hydrogen) atoms. The van der Waals surface area contributed by atoms with Crippen LogP contribution in [-0.2, 0) is 19.1 Å². The van der Waals surface area contributed by atoms with Crippen LogP contribution in [0.2, 0.25) is 0 Å². The summed E-state index contributed by atoms with van der Waals surface area (Å²) in [5, 5.41) is 53.2. The second-order valence-corrected chi connectivity index (χ2v) is 15.9. The Hall–Kier alpha value is -1.26. The highest BCUT2D eigenvalue weighted by molar-refractivity contribution is 5.76. The Balaban J connectivity index is 0.000000162. The number of hydrogen-bond acceptors (Lipinski definition) is 9. The third-order valence-corrected chi connectivity index (χ3v) is 11.0. The largest absolute Gasteiger partial charge is 0.459 e. The van der Waals surface area contributed by atoms with E-state index in [0.717, 1.165) is 25.7 Å². The van der Waals surface area contributed by atoms with Crippen LogP contribution in [0.25, 0.3) is 0 Å². The van der Waals surface area contributed by atoms with Crippen molar-refractivity contribution < 1.29 is 44.6 Å². The summed E-state index contributed by atoms with van der Waals surface area (Å²) in [6.45, 7) is 9.41. The molecule has 8 bridgehead atoms. The first kappa shape index (κ1) is 30.2. The Morgan fingerprint density at radius 3 is 1.52 bits per heavy atom. The van der Waals surface area contributed by atoms with Crippen LogP contribution in [0.3, 0.4) is 0 Å². The lowest BCUT2D eigenvalue weighted by Gasteiger charge is -2.65. The fraction of sp³-hybridized carbons (Fsp3) is 0.935. The Labute approximate surface area is 237 Å². The molecule has 8 aliphatic carbocycles. The van der Waals surface area contributed by atoms with Crippen LogP contribution in [0.15, 0.2) is 0 Å². The van der Waals surface area contributed by atoms with E-state index in [2.05, 4.69) is 0 Å². The molecule has 0 aromatic heterocycles. The summed E-state index contributed by atoms with van der Waals surface area (Å²) in [7, 11) is 0. The molecule has 0 spiro atoms. The third-order valence-electron chi connectivity index (χ3n) is 11.0. The topological polar surface area (TPSA) is 154 Å². The molecule has 8 fully saturated rings. The molecule has 8 aliphatic rings. The lowest BCUT2D eigenvalue weighted by molar-refractivity contribution is -0.302. The molecule has 0 saturated heterocycles. The standard InChI is InChI=1S/C16H26O5.C15H24O4/c1-4-12(2,3)11(17)21-16-8-13(18)5-14(19,9-16)7-15(20,6-13)10-16;1-3-10(2)12(16)19-15-6-11-4-13(17,8-15)7-14(18,5-11)9-15/h18-20H,4-10H2,1-3H3;10-11,17-18H,3-9H2,1-2H3. The van der Waals surface area contributed by atoms with Gasteiger partial charge in [0, 0.05) is 57.8 Å². The van der Waals surface area contributed by atoms with Crippen molar-refractivity contribution in [1.29, 1.82) is 0 Å². The molecule has 0 heterocycles. The van der Waals surface area contributed by atoms with Gasteiger partial charge in [-0.25, -0.2) is 0 Å². The highest BCUT2D eigenvalue weighted by Gasteiger charge is 2.69. The molecule has 8 rings (SSSR count). The van der Waals surface area contributed by atoms with E-state index >= 15 is 0 Å². The van der Waals surface area contributed by atoms with Crippen LogP contribution in [0.1, 0.15) is 125 Å². The SMILES string of the molecule is CCC(C)(C)C(=O)OC12CC3(O)CC(O)(CC(O)(C3)C1)C2.CCC(C)C(=O)OC12CC3CC(O)(CC(O)(C3)C1)C2. The summed E-state index contributed by atoms with van der Waals surface area (Å²) < 4.78 is 11.6. The van der Waals surface area contributed by atoms with Gasteiger partial charge in [0.05, 0.1) is 39.3 Å². The molecule has 0 amide bonds. The fourth-order valence-electron chi connectivity index (χ4n) is 9.82. The molecule has 0 aromatic carbocycles. The number of ether oxygens (including phenoxy) is 2. The molecule has 3 unspecified atom stereocenters. The van der Waals surface area contributed by atoms with E-state index in [1.807, 2.05) is 34.6 Å². The molecule has 8 saturated carbocycles. The van der Waals surface area contributed by atoms with Crippen molar-refractivity contribution in [1.82, 2.24) is 0 Å². The zero-order chi connectivity index (χ0) is 29.6. The summed E-state index contributed by atoms with van der Waals surface area (Å²) >= 11 is 0. The van der Waals surface area contributed by atoms with Crippen LogP contribution in [0, 0.1) is 17.3 Å². The average molecular weight is 567 g/mol. The van der Waals surface area contributed by atoms with Gasteiger partial charge in [0.1, 0.15) is 11.2 Å². The molecule has 9 nitrogen and oxygen atoms in total. The summed E-state index contributed by atoms with van der Waals surface area (Å²) in [4.78, 5) is 24.5. The maximum atomic E-state index is 12.4. The van der Waals surface area contributed by atoms with Crippen LogP contribution in [0.4, 0.5) is 0 Å². The fourth-order valence-corrected chi connectivity index (χ4v) is 9.82. The van der Waals surface area contributed by atoms with Crippen molar-refractivity contribution in [2.45, 2.75) is 164 Å². The van der Waals surface area contributed by atoms with Crippen LogP contribution < -0.4 is 0 Å². The minimum absolute atomic E-state index is 0.114. The molecule has 5 N–H and O–H groups in total. The maximum absolute atomic E-state index is 12.4.